The molecule has 0 amide bonds. The maximum Gasteiger partial charge on any atom is 0.490 e. The Bertz CT molecular complexity index is 1620. The number of aliphatic hydroxyl groups excluding tert-OH is 2. The van der Waals surface area contributed by atoms with E-state index < -0.39 is 43.3 Å². The molecule has 2 saturated heterocycles. The molecule has 2 fully saturated rings. The molecule has 6 rings (SSSR count). The lowest BCUT2D eigenvalue weighted by molar-refractivity contribution is -0.211. The molecule has 2 aliphatic rings. The number of carbonyl (C=O) groups excluding carboxylic acids is 1. The van der Waals surface area contributed by atoms with E-state index in [9.17, 15) is 28.2 Å². The van der Waals surface area contributed by atoms with Crippen molar-refractivity contribution in [3.05, 3.63) is 78.1 Å². The quantitative estimate of drug-likeness (QED) is 0.204. The number of methoxy groups -OCH3 is 1. The maximum atomic E-state index is 13.2. The lowest BCUT2D eigenvalue weighted by atomic mass is 9.91. The van der Waals surface area contributed by atoms with Crippen LogP contribution in [-0.4, -0.2) is 99.6 Å². The number of fused-ring (bicyclic) bond motifs is 1. The van der Waals surface area contributed by atoms with E-state index in [1.165, 1.54) is 10.9 Å². The van der Waals surface area contributed by atoms with E-state index in [2.05, 4.69) is 10.3 Å². The van der Waals surface area contributed by atoms with E-state index >= 15 is 0 Å². The number of ether oxygens (including phenoxy) is 3. The highest BCUT2D eigenvalue weighted by atomic mass is 19.4. The Morgan fingerprint density at radius 2 is 1.79 bits per heavy atom. The zero-order chi connectivity index (χ0) is 33.1. The van der Waals surface area contributed by atoms with Gasteiger partial charge in [-0.2, -0.15) is 23.1 Å². The Morgan fingerprint density at radius 3 is 2.40 bits per heavy atom. The maximum absolute atomic E-state index is 13.2. The van der Waals surface area contributed by atoms with Crippen LogP contribution in [0, 0.1) is 0 Å². The molecule has 3 N–H and O–H groups in total. The number of hydrogen-bond acceptors (Lipinski definition) is 11. The fourth-order valence-corrected chi connectivity index (χ4v) is 6.22. The lowest BCUT2D eigenvalue weighted by Gasteiger charge is -2.26. The topological polar surface area (TPSA) is 144 Å². The van der Waals surface area contributed by atoms with Crippen molar-refractivity contribution in [1.82, 2.24) is 19.5 Å². The Kier molecular flexibility index (Phi) is 9.59. The molecule has 0 radical (unpaired) electrons. The molecule has 2 aliphatic heterocycles. The zero-order valence-electron chi connectivity index (χ0n) is 25.5. The Labute approximate surface area is 268 Å². The summed E-state index contributed by atoms with van der Waals surface area (Å²) in [5.74, 6) is -1.88. The summed E-state index contributed by atoms with van der Waals surface area (Å²) in [6, 6.07) is 19.9. The summed E-state index contributed by atoms with van der Waals surface area (Å²) in [6.45, 7) is 0.745. The molecule has 2 aromatic heterocycles. The molecule has 4 heterocycles. The minimum atomic E-state index is -5.31. The van der Waals surface area contributed by atoms with E-state index in [0.29, 0.717) is 31.5 Å². The molecule has 250 valence electrons. The number of imidazole rings is 1. The molecule has 47 heavy (non-hydrogen) atoms. The molecule has 0 saturated carbocycles. The highest BCUT2D eigenvalue weighted by Crippen LogP contribution is 2.37. The molecule has 4 aromatic rings. The van der Waals surface area contributed by atoms with Crippen LogP contribution >= 0.6 is 0 Å². The van der Waals surface area contributed by atoms with Gasteiger partial charge in [0.2, 0.25) is 5.95 Å². The third kappa shape index (κ3) is 6.74. The number of esters is 1. The van der Waals surface area contributed by atoms with Crippen molar-refractivity contribution in [1.29, 1.82) is 0 Å². The molecule has 0 aliphatic carbocycles. The number of nitrogens with one attached hydrogen (secondary N) is 1. The largest absolute Gasteiger partial charge is 0.490 e. The van der Waals surface area contributed by atoms with Crippen molar-refractivity contribution >= 4 is 28.9 Å². The molecule has 0 bridgehead atoms. The van der Waals surface area contributed by atoms with Crippen molar-refractivity contribution in [2.45, 2.75) is 55.5 Å². The highest BCUT2D eigenvalue weighted by molar-refractivity contribution is 5.84. The number of rotatable bonds is 11. The van der Waals surface area contributed by atoms with Gasteiger partial charge in [0.25, 0.3) is 0 Å². The van der Waals surface area contributed by atoms with Crippen LogP contribution in [-0.2, 0) is 19.0 Å². The van der Waals surface area contributed by atoms with Crippen LogP contribution in [0.1, 0.15) is 36.1 Å². The van der Waals surface area contributed by atoms with Crippen LogP contribution in [0.25, 0.3) is 11.2 Å². The summed E-state index contributed by atoms with van der Waals surface area (Å²) in [7, 11) is 1.61. The number of nitrogens with zero attached hydrogens (tertiary/aromatic N) is 5. The van der Waals surface area contributed by atoms with Crippen molar-refractivity contribution in [3.63, 3.8) is 0 Å². The monoisotopic (exact) mass is 656 g/mol. The summed E-state index contributed by atoms with van der Waals surface area (Å²) in [6.07, 6.45) is -8.71. The van der Waals surface area contributed by atoms with Gasteiger partial charge in [0.1, 0.15) is 12.2 Å². The number of aromatic nitrogens is 4. The highest BCUT2D eigenvalue weighted by Gasteiger charge is 2.51. The van der Waals surface area contributed by atoms with Crippen LogP contribution in [0.5, 0.6) is 0 Å². The Hall–Kier alpha value is -4.31. The lowest BCUT2D eigenvalue weighted by Crippen LogP contribution is -2.40. The van der Waals surface area contributed by atoms with Crippen LogP contribution in [0.2, 0.25) is 0 Å². The number of anilines is 2. The van der Waals surface area contributed by atoms with Crippen molar-refractivity contribution < 1.29 is 42.4 Å². The SMILES string of the molecule is COC[C@H]1CCCN1c1nc(NCC(c2ccccc2)c2ccccc2)c2ncn(C3OC(CO)C(O)C3OC(=O)C(F)(F)F)c2n1. The van der Waals surface area contributed by atoms with Crippen molar-refractivity contribution in [2.75, 3.05) is 43.6 Å². The fourth-order valence-electron chi connectivity index (χ4n) is 6.22. The van der Waals surface area contributed by atoms with E-state index in [-0.39, 0.29) is 23.1 Å². The Morgan fingerprint density at radius 1 is 1.11 bits per heavy atom. The van der Waals surface area contributed by atoms with E-state index in [0.717, 1.165) is 24.0 Å². The van der Waals surface area contributed by atoms with Gasteiger partial charge in [-0.25, -0.2) is 9.78 Å². The van der Waals surface area contributed by atoms with E-state index in [1.54, 1.807) is 7.11 Å². The van der Waals surface area contributed by atoms with Gasteiger partial charge in [-0.1, -0.05) is 60.7 Å². The van der Waals surface area contributed by atoms with Gasteiger partial charge >= 0.3 is 12.1 Å². The standard InChI is InChI=1S/C32H35F3N6O6/c1-45-17-21-13-8-14-40(21)31-38-27(36-15-22(19-9-4-2-5-10-19)20-11-6-3-7-12-20)24-28(39-31)41(18-37-24)29-26(25(43)23(16-42)46-29)47-30(44)32(33,34)35/h2-7,9-12,18,21-23,25-26,29,42-43H,8,13-17H2,1H3,(H,36,38,39)/t21-,23?,25?,26?,29?/m1/s1. The third-order valence-electron chi connectivity index (χ3n) is 8.52. The first-order valence-electron chi connectivity index (χ1n) is 15.3. The van der Waals surface area contributed by atoms with Gasteiger partial charge in [-0.3, -0.25) is 4.57 Å². The third-order valence-corrected chi connectivity index (χ3v) is 8.52. The molecular formula is C32H35F3N6O6. The first kappa shape index (κ1) is 32.6. The smallest absolute Gasteiger partial charge is 0.448 e. The van der Waals surface area contributed by atoms with Crippen LogP contribution in [0.4, 0.5) is 24.9 Å². The molecule has 4 unspecified atom stereocenters. The van der Waals surface area contributed by atoms with Crippen LogP contribution in [0.15, 0.2) is 67.0 Å². The first-order chi connectivity index (χ1) is 22.7. The number of carbonyl (C=O) groups is 1. The van der Waals surface area contributed by atoms with Gasteiger partial charge in [-0.15, -0.1) is 0 Å². The second-order valence-electron chi connectivity index (χ2n) is 11.5. The number of hydrogen-bond donors (Lipinski definition) is 3. The molecule has 12 nitrogen and oxygen atoms in total. The number of halogens is 3. The van der Waals surface area contributed by atoms with Gasteiger partial charge in [-0.05, 0) is 24.0 Å². The normalized spacial score (nSPS) is 23.1. The summed E-state index contributed by atoms with van der Waals surface area (Å²) >= 11 is 0. The Balaban J connectivity index is 1.41. The second kappa shape index (κ2) is 13.8. The molecule has 5 atom stereocenters. The summed E-state index contributed by atoms with van der Waals surface area (Å²) in [5.41, 5.74) is 2.59. The number of alkyl halides is 3. The summed E-state index contributed by atoms with van der Waals surface area (Å²) < 4.78 is 56.8. The minimum Gasteiger partial charge on any atom is -0.448 e. The second-order valence-corrected chi connectivity index (χ2v) is 11.5. The minimum absolute atomic E-state index is 0.0214. The van der Waals surface area contributed by atoms with Gasteiger partial charge in [0.15, 0.2) is 29.3 Å². The predicted octanol–water partition coefficient (Wildman–Crippen LogP) is 3.41. The van der Waals surface area contributed by atoms with E-state index in [1.807, 2.05) is 65.6 Å². The van der Waals surface area contributed by atoms with Gasteiger partial charge < -0.3 is 34.6 Å². The zero-order valence-corrected chi connectivity index (χ0v) is 25.5. The van der Waals surface area contributed by atoms with Crippen molar-refractivity contribution in [3.8, 4) is 0 Å². The predicted molar refractivity (Wildman–Crippen MR) is 164 cm³/mol. The van der Waals surface area contributed by atoms with Crippen molar-refractivity contribution in [2.24, 2.45) is 0 Å². The summed E-state index contributed by atoms with van der Waals surface area (Å²) in [5, 5.41) is 23.9. The summed E-state index contributed by atoms with van der Waals surface area (Å²) in [4.78, 5) is 28.0. The first-order valence-corrected chi connectivity index (χ1v) is 15.3. The van der Waals surface area contributed by atoms with Gasteiger partial charge in [0, 0.05) is 26.1 Å². The average Bonchev–Trinajstić information content (AvgIpc) is 3.79. The number of benzene rings is 2. The number of aliphatic hydroxyl groups is 2. The molecule has 2 aromatic carbocycles. The average molecular weight is 657 g/mol. The molecule has 15 heteroatoms. The van der Waals surface area contributed by atoms with Gasteiger partial charge in [0.05, 0.1) is 25.6 Å². The fraction of sp³-hybridized carbons (Fsp3) is 0.438. The van der Waals surface area contributed by atoms with E-state index in [4.69, 9.17) is 24.2 Å². The molecular weight excluding hydrogens is 621 g/mol. The van der Waals surface area contributed by atoms with Crippen LogP contribution in [0.3, 0.4) is 0 Å². The van der Waals surface area contributed by atoms with Crippen LogP contribution < -0.4 is 10.2 Å². The molecule has 0 spiro atoms.